The summed E-state index contributed by atoms with van der Waals surface area (Å²) >= 11 is 0. The van der Waals surface area contributed by atoms with Gasteiger partial charge in [-0.1, -0.05) is 26.7 Å². The number of aldehydes is 1. The molecule has 64 valence electrons. The lowest BCUT2D eigenvalue weighted by atomic mass is 9.73. The zero-order chi connectivity index (χ0) is 8.32. The second-order valence-electron chi connectivity index (χ2n) is 4.09. The average Bonchev–Trinajstić information content (AvgIpc) is 2.38. The molecule has 1 heteroatoms. The molecule has 1 saturated carbocycles. The molecule has 0 amide bonds. The molecular formula is C10H18O. The molecular weight excluding hydrogens is 136 g/mol. The van der Waals surface area contributed by atoms with E-state index in [1.165, 1.54) is 25.7 Å². The van der Waals surface area contributed by atoms with Gasteiger partial charge in [0.05, 0.1) is 0 Å². The van der Waals surface area contributed by atoms with E-state index in [0.29, 0.717) is 11.3 Å². The number of carbonyl (C=O) groups is 1. The minimum atomic E-state index is 0.377. The van der Waals surface area contributed by atoms with Crippen molar-refractivity contribution in [2.24, 2.45) is 11.3 Å². The lowest BCUT2D eigenvalue weighted by Crippen LogP contribution is -2.23. The van der Waals surface area contributed by atoms with Gasteiger partial charge in [-0.25, -0.2) is 0 Å². The van der Waals surface area contributed by atoms with Crippen LogP contribution in [0, 0.1) is 11.3 Å². The molecule has 1 fully saturated rings. The smallest absolute Gasteiger partial charge is 0.120 e. The maximum absolute atomic E-state index is 10.5. The largest absolute Gasteiger partial charge is 0.303 e. The lowest BCUT2D eigenvalue weighted by Gasteiger charge is -2.31. The monoisotopic (exact) mass is 154 g/mol. The van der Waals surface area contributed by atoms with Crippen LogP contribution < -0.4 is 0 Å². The summed E-state index contributed by atoms with van der Waals surface area (Å²) < 4.78 is 0. The number of rotatable bonds is 3. The molecule has 0 aromatic heterocycles. The van der Waals surface area contributed by atoms with Crippen molar-refractivity contribution in [3.05, 3.63) is 0 Å². The van der Waals surface area contributed by atoms with Crippen LogP contribution in [0.5, 0.6) is 0 Å². The standard InChI is InChI=1S/C10H18O/c1-9(2)10(7-8-11)5-3-4-6-10/h8-9H,3-7H2,1-2H3. The van der Waals surface area contributed by atoms with Gasteiger partial charge in [0.25, 0.3) is 0 Å². The van der Waals surface area contributed by atoms with Crippen LogP contribution >= 0.6 is 0 Å². The first kappa shape index (κ1) is 8.76. The van der Waals surface area contributed by atoms with E-state index < -0.39 is 0 Å². The van der Waals surface area contributed by atoms with Crippen LogP contribution in [-0.2, 0) is 4.79 Å². The van der Waals surface area contributed by atoms with E-state index in [1.807, 2.05) is 0 Å². The summed E-state index contributed by atoms with van der Waals surface area (Å²) in [5, 5.41) is 0. The molecule has 1 nitrogen and oxygen atoms in total. The van der Waals surface area contributed by atoms with Crippen molar-refractivity contribution in [2.45, 2.75) is 46.0 Å². The Morgan fingerprint density at radius 3 is 2.27 bits per heavy atom. The van der Waals surface area contributed by atoms with Gasteiger partial charge < -0.3 is 4.79 Å². The Balaban J connectivity index is 2.61. The van der Waals surface area contributed by atoms with Gasteiger partial charge in [0.15, 0.2) is 0 Å². The SMILES string of the molecule is CC(C)C1(CC=O)CCCC1. The predicted molar refractivity (Wildman–Crippen MR) is 46.4 cm³/mol. The summed E-state index contributed by atoms with van der Waals surface area (Å²) in [7, 11) is 0. The number of hydrogen-bond donors (Lipinski definition) is 0. The van der Waals surface area contributed by atoms with Crippen molar-refractivity contribution in [3.63, 3.8) is 0 Å². The maximum Gasteiger partial charge on any atom is 0.120 e. The summed E-state index contributed by atoms with van der Waals surface area (Å²) in [6, 6.07) is 0. The molecule has 0 bridgehead atoms. The first-order chi connectivity index (χ1) is 5.21. The van der Waals surface area contributed by atoms with Crippen molar-refractivity contribution in [1.82, 2.24) is 0 Å². The van der Waals surface area contributed by atoms with E-state index in [-0.39, 0.29) is 0 Å². The topological polar surface area (TPSA) is 17.1 Å². The van der Waals surface area contributed by atoms with Crippen LogP contribution in [0.25, 0.3) is 0 Å². The summed E-state index contributed by atoms with van der Waals surface area (Å²) in [5.41, 5.74) is 0.377. The van der Waals surface area contributed by atoms with Gasteiger partial charge in [-0.05, 0) is 24.2 Å². The highest BCUT2D eigenvalue weighted by Gasteiger charge is 2.35. The minimum absolute atomic E-state index is 0.377. The van der Waals surface area contributed by atoms with Crippen LogP contribution in [0.1, 0.15) is 46.0 Å². The van der Waals surface area contributed by atoms with Gasteiger partial charge in [-0.15, -0.1) is 0 Å². The normalized spacial score (nSPS) is 22.5. The van der Waals surface area contributed by atoms with Crippen LogP contribution in [0.3, 0.4) is 0 Å². The first-order valence-electron chi connectivity index (χ1n) is 4.65. The molecule has 0 radical (unpaired) electrons. The molecule has 0 unspecified atom stereocenters. The molecule has 0 aromatic rings. The molecule has 0 N–H and O–H groups in total. The quantitative estimate of drug-likeness (QED) is 0.571. The zero-order valence-corrected chi connectivity index (χ0v) is 7.60. The van der Waals surface area contributed by atoms with Crippen molar-refractivity contribution in [1.29, 1.82) is 0 Å². The Bertz CT molecular complexity index is 132. The second kappa shape index (κ2) is 3.38. The number of hydrogen-bond acceptors (Lipinski definition) is 1. The van der Waals surface area contributed by atoms with Crippen molar-refractivity contribution >= 4 is 6.29 Å². The van der Waals surface area contributed by atoms with Crippen molar-refractivity contribution in [2.75, 3.05) is 0 Å². The predicted octanol–water partition coefficient (Wildman–Crippen LogP) is 2.79. The molecule has 1 aliphatic rings. The molecule has 0 aliphatic heterocycles. The van der Waals surface area contributed by atoms with Crippen LogP contribution in [0.4, 0.5) is 0 Å². The third kappa shape index (κ3) is 1.63. The van der Waals surface area contributed by atoms with E-state index in [4.69, 9.17) is 0 Å². The highest BCUT2D eigenvalue weighted by Crippen LogP contribution is 2.46. The summed E-state index contributed by atoms with van der Waals surface area (Å²) in [6.45, 7) is 4.49. The highest BCUT2D eigenvalue weighted by molar-refractivity contribution is 5.51. The third-order valence-corrected chi connectivity index (χ3v) is 3.31. The maximum atomic E-state index is 10.5. The molecule has 1 rings (SSSR count). The molecule has 0 saturated heterocycles. The third-order valence-electron chi connectivity index (χ3n) is 3.31. The fraction of sp³-hybridized carbons (Fsp3) is 0.900. The Hall–Kier alpha value is -0.330. The van der Waals surface area contributed by atoms with Crippen molar-refractivity contribution < 1.29 is 4.79 Å². The first-order valence-corrected chi connectivity index (χ1v) is 4.65. The van der Waals surface area contributed by atoms with Gasteiger partial charge in [-0.2, -0.15) is 0 Å². The summed E-state index contributed by atoms with van der Waals surface area (Å²) in [6.07, 6.45) is 7.07. The average molecular weight is 154 g/mol. The van der Waals surface area contributed by atoms with Crippen LogP contribution in [0.15, 0.2) is 0 Å². The lowest BCUT2D eigenvalue weighted by molar-refractivity contribution is -0.110. The van der Waals surface area contributed by atoms with Gasteiger partial charge in [-0.3, -0.25) is 0 Å². The van der Waals surface area contributed by atoms with E-state index >= 15 is 0 Å². The zero-order valence-electron chi connectivity index (χ0n) is 7.60. The Labute approximate surface area is 69.2 Å². The highest BCUT2D eigenvalue weighted by atomic mass is 16.1. The van der Waals surface area contributed by atoms with E-state index in [2.05, 4.69) is 13.8 Å². The number of carbonyl (C=O) groups excluding carboxylic acids is 1. The Morgan fingerprint density at radius 2 is 1.91 bits per heavy atom. The van der Waals surface area contributed by atoms with Gasteiger partial charge >= 0.3 is 0 Å². The van der Waals surface area contributed by atoms with Gasteiger partial charge in [0.1, 0.15) is 6.29 Å². The minimum Gasteiger partial charge on any atom is -0.303 e. The summed E-state index contributed by atoms with van der Waals surface area (Å²) in [4.78, 5) is 10.5. The molecule has 11 heavy (non-hydrogen) atoms. The van der Waals surface area contributed by atoms with Gasteiger partial charge in [0.2, 0.25) is 0 Å². The second-order valence-corrected chi connectivity index (χ2v) is 4.09. The van der Waals surface area contributed by atoms with E-state index in [9.17, 15) is 4.79 Å². The fourth-order valence-corrected chi connectivity index (χ4v) is 2.26. The Morgan fingerprint density at radius 1 is 1.36 bits per heavy atom. The molecule has 0 heterocycles. The molecule has 1 aliphatic carbocycles. The van der Waals surface area contributed by atoms with Crippen LogP contribution in [-0.4, -0.2) is 6.29 Å². The van der Waals surface area contributed by atoms with Gasteiger partial charge in [0, 0.05) is 6.42 Å². The van der Waals surface area contributed by atoms with E-state index in [1.54, 1.807) is 0 Å². The summed E-state index contributed by atoms with van der Waals surface area (Å²) in [5.74, 6) is 0.676. The Kier molecular flexibility index (Phi) is 2.69. The fourth-order valence-electron chi connectivity index (χ4n) is 2.26. The van der Waals surface area contributed by atoms with Crippen molar-refractivity contribution in [3.8, 4) is 0 Å². The molecule has 0 atom stereocenters. The molecule has 0 spiro atoms. The van der Waals surface area contributed by atoms with Crippen LogP contribution in [0.2, 0.25) is 0 Å². The molecule has 0 aromatic carbocycles. The van der Waals surface area contributed by atoms with E-state index in [0.717, 1.165) is 12.7 Å².